The Morgan fingerprint density at radius 3 is 2.32 bits per heavy atom. The Kier molecular flexibility index (Phi) is 5.16. The lowest BCUT2D eigenvalue weighted by molar-refractivity contribution is -0.120. The molecule has 4 nitrogen and oxygen atoms in total. The Balaban J connectivity index is 2.04. The predicted molar refractivity (Wildman–Crippen MR) is 85.7 cm³/mol. The van der Waals surface area contributed by atoms with Crippen molar-refractivity contribution in [3.05, 3.63) is 60.2 Å². The number of hydrogen-bond donors (Lipinski definition) is 0. The first-order valence-corrected chi connectivity index (χ1v) is 7.12. The molecular weight excluding hydrogens is 276 g/mol. The molecule has 2 rings (SSSR count). The Hall–Kier alpha value is -2.80. The van der Waals surface area contributed by atoms with Crippen LogP contribution in [0.4, 0.5) is 5.69 Å². The molecule has 2 aromatic rings. The van der Waals surface area contributed by atoms with E-state index in [0.29, 0.717) is 11.3 Å². The van der Waals surface area contributed by atoms with Crippen LogP contribution in [-0.2, 0) is 4.79 Å². The van der Waals surface area contributed by atoms with E-state index >= 15 is 0 Å². The van der Waals surface area contributed by atoms with E-state index in [2.05, 4.69) is 0 Å². The molecule has 0 fully saturated rings. The zero-order valence-corrected chi connectivity index (χ0v) is 12.7. The minimum atomic E-state index is -0.106. The van der Waals surface area contributed by atoms with E-state index in [1.54, 1.807) is 29.2 Å². The fraction of sp³-hybridized carbons (Fsp3) is 0.222. The van der Waals surface area contributed by atoms with Gasteiger partial charge in [-0.3, -0.25) is 4.79 Å². The molecule has 0 spiro atoms. The molecule has 0 radical (unpaired) electrons. The second kappa shape index (κ2) is 7.28. The molecule has 22 heavy (non-hydrogen) atoms. The number of amides is 1. The van der Waals surface area contributed by atoms with Gasteiger partial charge in [0, 0.05) is 11.7 Å². The summed E-state index contributed by atoms with van der Waals surface area (Å²) in [5.41, 5.74) is 1.41. The minimum absolute atomic E-state index is 0.0412. The molecule has 4 heteroatoms. The van der Waals surface area contributed by atoms with Crippen LogP contribution in [0.3, 0.4) is 0 Å². The molecule has 0 bridgehead atoms. The lowest BCUT2D eigenvalue weighted by atomic mass is 10.2. The zero-order valence-electron chi connectivity index (χ0n) is 12.7. The smallest absolute Gasteiger partial charge is 0.265 e. The third-order valence-corrected chi connectivity index (χ3v) is 3.17. The molecule has 112 valence electrons. The summed E-state index contributed by atoms with van der Waals surface area (Å²) in [7, 11) is 0. The second-order valence-electron chi connectivity index (χ2n) is 5.12. The zero-order chi connectivity index (χ0) is 15.9. The molecule has 0 saturated heterocycles. The highest BCUT2D eigenvalue weighted by molar-refractivity contribution is 5.94. The molecule has 0 aliphatic rings. The van der Waals surface area contributed by atoms with E-state index in [4.69, 9.17) is 10.00 Å². The maximum absolute atomic E-state index is 12.4. The van der Waals surface area contributed by atoms with Crippen LogP contribution in [0.1, 0.15) is 19.4 Å². The highest BCUT2D eigenvalue weighted by Gasteiger charge is 2.19. The van der Waals surface area contributed by atoms with Crippen LogP contribution in [0.2, 0.25) is 0 Å². The predicted octanol–water partition coefficient (Wildman–Crippen LogP) is 3.38. The van der Waals surface area contributed by atoms with Gasteiger partial charge in [-0.25, -0.2) is 0 Å². The quantitative estimate of drug-likeness (QED) is 0.849. The van der Waals surface area contributed by atoms with Crippen molar-refractivity contribution in [2.75, 3.05) is 11.5 Å². The van der Waals surface area contributed by atoms with Gasteiger partial charge in [0.1, 0.15) is 5.75 Å². The van der Waals surface area contributed by atoms with Crippen molar-refractivity contribution in [3.8, 4) is 11.8 Å². The first-order valence-electron chi connectivity index (χ1n) is 7.12. The van der Waals surface area contributed by atoms with Crippen molar-refractivity contribution in [2.24, 2.45) is 0 Å². The van der Waals surface area contributed by atoms with Crippen LogP contribution in [0.15, 0.2) is 54.6 Å². The van der Waals surface area contributed by atoms with Gasteiger partial charge in [0.2, 0.25) is 0 Å². The van der Waals surface area contributed by atoms with Gasteiger partial charge in [-0.15, -0.1) is 0 Å². The van der Waals surface area contributed by atoms with E-state index in [1.165, 1.54) is 0 Å². The average Bonchev–Trinajstić information content (AvgIpc) is 2.54. The van der Waals surface area contributed by atoms with Gasteiger partial charge < -0.3 is 9.64 Å². The van der Waals surface area contributed by atoms with E-state index in [1.807, 2.05) is 50.2 Å². The standard InChI is InChI=1S/C18H18N2O2/c1-14(2)20(16-6-4-3-5-7-16)18(21)13-22-17-10-8-15(12-19)9-11-17/h3-11,14H,13H2,1-2H3. The van der Waals surface area contributed by atoms with Crippen LogP contribution >= 0.6 is 0 Å². The van der Waals surface area contributed by atoms with Gasteiger partial charge in [-0.05, 0) is 50.2 Å². The number of nitriles is 1. The van der Waals surface area contributed by atoms with E-state index in [9.17, 15) is 4.79 Å². The number of ether oxygens (including phenoxy) is 1. The van der Waals surface area contributed by atoms with E-state index in [0.717, 1.165) is 5.69 Å². The first-order chi connectivity index (χ1) is 10.6. The van der Waals surface area contributed by atoms with Crippen molar-refractivity contribution in [3.63, 3.8) is 0 Å². The molecule has 0 aliphatic heterocycles. The van der Waals surface area contributed by atoms with Crippen molar-refractivity contribution in [1.29, 1.82) is 5.26 Å². The maximum atomic E-state index is 12.4. The van der Waals surface area contributed by atoms with Gasteiger partial charge in [-0.1, -0.05) is 18.2 Å². The van der Waals surface area contributed by atoms with Crippen LogP contribution in [0, 0.1) is 11.3 Å². The number of benzene rings is 2. The van der Waals surface area contributed by atoms with Crippen molar-refractivity contribution in [1.82, 2.24) is 0 Å². The minimum Gasteiger partial charge on any atom is -0.484 e. The highest BCUT2D eigenvalue weighted by atomic mass is 16.5. The third kappa shape index (κ3) is 3.86. The summed E-state index contributed by atoms with van der Waals surface area (Å²) in [5, 5.41) is 8.75. The number of para-hydroxylation sites is 1. The summed E-state index contributed by atoms with van der Waals surface area (Å²) in [6.45, 7) is 3.89. The topological polar surface area (TPSA) is 53.3 Å². The monoisotopic (exact) mass is 294 g/mol. The molecule has 0 aromatic heterocycles. The first kappa shape index (κ1) is 15.6. The number of carbonyl (C=O) groups is 1. The van der Waals surface area contributed by atoms with Gasteiger partial charge >= 0.3 is 0 Å². The number of anilines is 1. The van der Waals surface area contributed by atoms with Gasteiger partial charge in [0.05, 0.1) is 11.6 Å². The van der Waals surface area contributed by atoms with Crippen LogP contribution in [-0.4, -0.2) is 18.6 Å². The summed E-state index contributed by atoms with van der Waals surface area (Å²) < 4.78 is 5.52. The Morgan fingerprint density at radius 2 is 1.77 bits per heavy atom. The largest absolute Gasteiger partial charge is 0.484 e. The second-order valence-corrected chi connectivity index (χ2v) is 5.12. The molecule has 0 atom stereocenters. The molecule has 2 aromatic carbocycles. The van der Waals surface area contributed by atoms with Crippen molar-refractivity contribution in [2.45, 2.75) is 19.9 Å². The number of hydrogen-bond acceptors (Lipinski definition) is 3. The molecule has 1 amide bonds. The third-order valence-electron chi connectivity index (χ3n) is 3.17. The Bertz CT molecular complexity index is 658. The summed E-state index contributed by atoms with van der Waals surface area (Å²) in [6.07, 6.45) is 0. The van der Waals surface area contributed by atoms with Gasteiger partial charge in [0.25, 0.3) is 5.91 Å². The normalized spacial score (nSPS) is 10.1. The lowest BCUT2D eigenvalue weighted by Crippen LogP contribution is -2.40. The molecule has 0 aliphatic carbocycles. The van der Waals surface area contributed by atoms with Crippen LogP contribution in [0.25, 0.3) is 0 Å². The van der Waals surface area contributed by atoms with E-state index < -0.39 is 0 Å². The molecule has 0 heterocycles. The Morgan fingerprint density at radius 1 is 1.14 bits per heavy atom. The summed E-state index contributed by atoms with van der Waals surface area (Å²) in [6, 6.07) is 18.3. The van der Waals surface area contributed by atoms with Crippen molar-refractivity contribution < 1.29 is 9.53 Å². The molecular formula is C18H18N2O2. The van der Waals surface area contributed by atoms with Crippen LogP contribution < -0.4 is 9.64 Å². The molecule has 0 unspecified atom stereocenters. The summed E-state index contributed by atoms with van der Waals surface area (Å²) in [4.78, 5) is 14.1. The summed E-state index contributed by atoms with van der Waals surface area (Å²) in [5.74, 6) is 0.467. The maximum Gasteiger partial charge on any atom is 0.265 e. The van der Waals surface area contributed by atoms with E-state index in [-0.39, 0.29) is 18.6 Å². The molecule has 0 N–H and O–H groups in total. The number of rotatable bonds is 5. The van der Waals surface area contributed by atoms with Crippen LogP contribution in [0.5, 0.6) is 5.75 Å². The summed E-state index contributed by atoms with van der Waals surface area (Å²) >= 11 is 0. The number of carbonyl (C=O) groups excluding carboxylic acids is 1. The fourth-order valence-corrected chi connectivity index (χ4v) is 2.16. The molecule has 0 saturated carbocycles. The Labute approximate surface area is 130 Å². The average molecular weight is 294 g/mol. The van der Waals surface area contributed by atoms with Crippen molar-refractivity contribution >= 4 is 11.6 Å². The fourth-order valence-electron chi connectivity index (χ4n) is 2.16. The highest BCUT2D eigenvalue weighted by Crippen LogP contribution is 2.17. The van der Waals surface area contributed by atoms with Gasteiger partial charge in [0.15, 0.2) is 6.61 Å². The van der Waals surface area contributed by atoms with Gasteiger partial charge in [-0.2, -0.15) is 5.26 Å². The number of nitrogens with zero attached hydrogens (tertiary/aromatic N) is 2. The lowest BCUT2D eigenvalue weighted by Gasteiger charge is -2.26. The SMILES string of the molecule is CC(C)N(C(=O)COc1ccc(C#N)cc1)c1ccccc1.